The molecule has 2 saturated carbocycles. The van der Waals surface area contributed by atoms with E-state index in [0.29, 0.717) is 18.0 Å². The number of carbonyl (C=O) groups excluding carboxylic acids is 2. The predicted molar refractivity (Wildman–Crippen MR) is 134 cm³/mol. The Morgan fingerprint density at radius 3 is 2.62 bits per heavy atom. The van der Waals surface area contributed by atoms with Crippen LogP contribution in [0.3, 0.4) is 0 Å². The number of fused-ring (bicyclic) bond motifs is 5. The van der Waals surface area contributed by atoms with Gasteiger partial charge in [-0.3, -0.25) is 14.5 Å². The Bertz CT molecular complexity index is 939. The van der Waals surface area contributed by atoms with Gasteiger partial charge in [-0.25, -0.2) is 0 Å². The number of unbranched alkanes of at least 4 members (excludes halogenated alkanes) is 3. The largest absolute Gasteiger partial charge is 0.497 e. The van der Waals surface area contributed by atoms with E-state index in [1.165, 1.54) is 67.6 Å². The second kappa shape index (κ2) is 9.85. The molecule has 184 valence electrons. The molecule has 0 bridgehead atoms. The first-order chi connectivity index (χ1) is 16.5. The van der Waals surface area contributed by atoms with Crippen LogP contribution in [-0.4, -0.2) is 43.0 Å². The van der Waals surface area contributed by atoms with E-state index in [4.69, 9.17) is 4.74 Å². The Morgan fingerprint density at radius 2 is 1.82 bits per heavy atom. The lowest BCUT2D eigenvalue weighted by molar-refractivity contribution is -0.136. The van der Waals surface area contributed by atoms with Gasteiger partial charge in [0.15, 0.2) is 0 Å². The van der Waals surface area contributed by atoms with Crippen LogP contribution in [-0.2, 0) is 16.0 Å². The molecule has 1 aromatic rings. The van der Waals surface area contributed by atoms with Gasteiger partial charge in [0, 0.05) is 24.7 Å². The molecule has 1 heterocycles. The van der Waals surface area contributed by atoms with Gasteiger partial charge >= 0.3 is 0 Å². The fourth-order valence-corrected chi connectivity index (χ4v) is 7.70. The van der Waals surface area contributed by atoms with Crippen molar-refractivity contribution in [3.8, 4) is 5.75 Å². The molecule has 0 unspecified atom stereocenters. The number of nitrogens with one attached hydrogen (secondary N) is 1. The summed E-state index contributed by atoms with van der Waals surface area (Å²) in [6.45, 7) is 4.20. The molecule has 3 aliphatic carbocycles. The Kier molecular flexibility index (Phi) is 6.83. The summed E-state index contributed by atoms with van der Waals surface area (Å²) < 4.78 is 5.48. The topological polar surface area (TPSA) is 58.6 Å². The summed E-state index contributed by atoms with van der Waals surface area (Å²) in [6, 6.07) is 7.42. The number of amides is 2. The van der Waals surface area contributed by atoms with E-state index in [2.05, 4.69) is 30.4 Å². The first-order valence-corrected chi connectivity index (χ1v) is 13.4. The smallest absolute Gasteiger partial charge is 0.253 e. The zero-order chi connectivity index (χ0) is 23.7. The number of hydrogen-bond acceptors (Lipinski definition) is 4. The van der Waals surface area contributed by atoms with Gasteiger partial charge in [-0.2, -0.15) is 0 Å². The summed E-state index contributed by atoms with van der Waals surface area (Å²) in [5, 5.41) is 3.95. The number of hydrogen-bond donors (Lipinski definition) is 1. The zero-order valence-corrected chi connectivity index (χ0v) is 20.9. The van der Waals surface area contributed by atoms with Crippen LogP contribution >= 0.6 is 0 Å². The van der Waals surface area contributed by atoms with Crippen molar-refractivity contribution in [1.82, 2.24) is 10.2 Å². The number of imide groups is 1. The highest BCUT2D eigenvalue weighted by atomic mass is 16.5. The molecular formula is C29H40N2O3. The van der Waals surface area contributed by atoms with E-state index in [0.717, 1.165) is 49.3 Å². The van der Waals surface area contributed by atoms with Crippen LogP contribution < -0.4 is 10.1 Å². The van der Waals surface area contributed by atoms with Crippen LogP contribution in [0.15, 0.2) is 30.4 Å². The molecule has 5 rings (SSSR count). The van der Waals surface area contributed by atoms with Crippen molar-refractivity contribution in [3.05, 3.63) is 41.5 Å². The summed E-state index contributed by atoms with van der Waals surface area (Å²) in [6.07, 6.45) is 14.9. The molecule has 5 nitrogen and oxygen atoms in total. The highest BCUT2D eigenvalue weighted by Crippen LogP contribution is 2.61. The molecule has 5 heteroatoms. The molecule has 0 aromatic heterocycles. The van der Waals surface area contributed by atoms with E-state index in [1.54, 1.807) is 12.7 Å². The van der Waals surface area contributed by atoms with Crippen molar-refractivity contribution in [2.75, 3.05) is 20.2 Å². The second-order valence-electron chi connectivity index (χ2n) is 11.2. The molecule has 0 radical (unpaired) electrons. The van der Waals surface area contributed by atoms with Crippen LogP contribution in [0.25, 0.3) is 0 Å². The number of rotatable bonds is 9. The lowest BCUT2D eigenvalue weighted by Crippen LogP contribution is -2.48. The predicted octanol–water partition coefficient (Wildman–Crippen LogP) is 4.99. The maximum Gasteiger partial charge on any atom is 0.253 e. The molecule has 0 spiro atoms. The van der Waals surface area contributed by atoms with Crippen molar-refractivity contribution in [3.63, 3.8) is 0 Å². The minimum atomic E-state index is -0.161. The quantitative estimate of drug-likeness (QED) is 0.413. The highest BCUT2D eigenvalue weighted by molar-refractivity contribution is 6.12. The van der Waals surface area contributed by atoms with Crippen molar-refractivity contribution in [2.24, 2.45) is 17.3 Å². The number of carbonyl (C=O) groups is 2. The van der Waals surface area contributed by atoms with Crippen LogP contribution in [0, 0.1) is 17.3 Å². The SMILES string of the molecule is COc1ccc2c(c1)CC[C@@H]1[C@@H]2CC[C@]2(C)[C@@H](NCCCCCCN3C(=O)C=CC3=O)CC[C@H]12. The third kappa shape index (κ3) is 4.32. The standard InChI is InChI=1S/C29H40N2O3/c1-29-16-15-23-22-10-8-21(34-2)19-20(22)7-9-24(23)25(29)11-12-26(29)30-17-5-3-4-6-18-31-27(32)13-14-28(31)33/h8,10,13-14,19,23-26,30H,3-7,9,11-12,15-18H2,1-2H3/t23-,24-,25-,26+,29+/m1/s1. The molecule has 2 amide bonds. The van der Waals surface area contributed by atoms with Gasteiger partial charge in [-0.15, -0.1) is 0 Å². The van der Waals surface area contributed by atoms with Gasteiger partial charge in [-0.1, -0.05) is 25.8 Å². The second-order valence-corrected chi connectivity index (χ2v) is 11.2. The van der Waals surface area contributed by atoms with Gasteiger partial charge in [0.05, 0.1) is 7.11 Å². The van der Waals surface area contributed by atoms with Gasteiger partial charge in [0.25, 0.3) is 11.8 Å². The van der Waals surface area contributed by atoms with Crippen molar-refractivity contribution in [2.45, 2.75) is 83.1 Å². The first-order valence-electron chi connectivity index (χ1n) is 13.4. The van der Waals surface area contributed by atoms with Crippen LogP contribution in [0.2, 0.25) is 0 Å². The first kappa shape index (κ1) is 23.6. The summed E-state index contributed by atoms with van der Waals surface area (Å²) in [5.41, 5.74) is 3.55. The number of nitrogens with zero attached hydrogens (tertiary/aromatic N) is 1. The normalized spacial score (nSPS) is 32.0. The van der Waals surface area contributed by atoms with E-state index in [-0.39, 0.29) is 11.8 Å². The molecule has 1 aromatic carbocycles. The number of ether oxygens (including phenoxy) is 1. The Hall–Kier alpha value is -2.14. The van der Waals surface area contributed by atoms with Crippen molar-refractivity contribution < 1.29 is 14.3 Å². The maximum absolute atomic E-state index is 11.6. The lowest BCUT2D eigenvalue weighted by atomic mass is 9.55. The molecule has 34 heavy (non-hydrogen) atoms. The minimum absolute atomic E-state index is 0.161. The lowest BCUT2D eigenvalue weighted by Gasteiger charge is -2.51. The van der Waals surface area contributed by atoms with Crippen LogP contribution in [0.1, 0.15) is 81.8 Å². The van der Waals surface area contributed by atoms with Gasteiger partial charge < -0.3 is 10.1 Å². The Balaban J connectivity index is 1.08. The number of benzene rings is 1. The van der Waals surface area contributed by atoms with E-state index < -0.39 is 0 Å². The highest BCUT2D eigenvalue weighted by Gasteiger charge is 2.54. The van der Waals surface area contributed by atoms with Crippen LogP contribution in [0.5, 0.6) is 5.75 Å². The molecule has 0 saturated heterocycles. The summed E-state index contributed by atoms with van der Waals surface area (Å²) in [5.74, 6) is 3.08. The third-order valence-electron chi connectivity index (χ3n) is 9.53. The molecule has 5 atom stereocenters. The van der Waals surface area contributed by atoms with E-state index in [1.807, 2.05) is 0 Å². The fraction of sp³-hybridized carbons (Fsp3) is 0.655. The van der Waals surface area contributed by atoms with Crippen molar-refractivity contribution >= 4 is 11.8 Å². The summed E-state index contributed by atoms with van der Waals surface area (Å²) >= 11 is 0. The fourth-order valence-electron chi connectivity index (χ4n) is 7.70. The number of aryl methyl sites for hydroxylation is 1. The number of methoxy groups -OCH3 is 1. The minimum Gasteiger partial charge on any atom is -0.497 e. The van der Waals surface area contributed by atoms with Gasteiger partial charge in [0.2, 0.25) is 0 Å². The van der Waals surface area contributed by atoms with Gasteiger partial charge in [-0.05, 0) is 104 Å². The van der Waals surface area contributed by atoms with E-state index in [9.17, 15) is 9.59 Å². The average Bonchev–Trinajstić information content (AvgIpc) is 3.36. The van der Waals surface area contributed by atoms with Crippen LogP contribution in [0.4, 0.5) is 0 Å². The molecular weight excluding hydrogens is 424 g/mol. The summed E-state index contributed by atoms with van der Waals surface area (Å²) in [4.78, 5) is 24.6. The molecule has 1 aliphatic heterocycles. The molecule has 4 aliphatic rings. The average molecular weight is 465 g/mol. The third-order valence-corrected chi connectivity index (χ3v) is 9.53. The molecule has 2 fully saturated rings. The Morgan fingerprint density at radius 1 is 1.03 bits per heavy atom. The summed E-state index contributed by atoms with van der Waals surface area (Å²) in [7, 11) is 1.77. The van der Waals surface area contributed by atoms with Crippen molar-refractivity contribution in [1.29, 1.82) is 0 Å². The maximum atomic E-state index is 11.6. The van der Waals surface area contributed by atoms with E-state index >= 15 is 0 Å². The Labute approximate surface area is 204 Å². The monoisotopic (exact) mass is 464 g/mol. The molecule has 1 N–H and O–H groups in total. The van der Waals surface area contributed by atoms with Gasteiger partial charge in [0.1, 0.15) is 5.75 Å². The zero-order valence-electron chi connectivity index (χ0n) is 20.9.